The molecule has 3 heterocycles. The maximum atomic E-state index is 14.4. The highest BCUT2D eigenvalue weighted by molar-refractivity contribution is 7.44. The summed E-state index contributed by atoms with van der Waals surface area (Å²) in [5, 5.41) is 9.49. The Balaban J connectivity index is 1.40. The molecule has 0 spiro atoms. The van der Waals surface area contributed by atoms with Crippen LogP contribution in [0.25, 0.3) is 0 Å². The Hall–Kier alpha value is -5.49. The van der Waals surface area contributed by atoms with E-state index in [9.17, 15) is 19.6 Å². The van der Waals surface area contributed by atoms with Crippen LogP contribution in [0.1, 0.15) is 74.3 Å². The van der Waals surface area contributed by atoms with Crippen molar-refractivity contribution in [1.82, 2.24) is 13.8 Å². The normalized spacial score (nSPS) is 20.5. The van der Waals surface area contributed by atoms with Gasteiger partial charge >= 0.3 is 5.69 Å². The van der Waals surface area contributed by atoms with Crippen molar-refractivity contribution in [3.63, 3.8) is 0 Å². The molecule has 0 radical (unpaired) electrons. The van der Waals surface area contributed by atoms with Crippen LogP contribution in [0.2, 0.25) is 0 Å². The van der Waals surface area contributed by atoms with Crippen molar-refractivity contribution in [3.8, 4) is 17.6 Å². The summed E-state index contributed by atoms with van der Waals surface area (Å²) in [6.45, 7) is 10.1. The molecule has 2 bridgehead atoms. The van der Waals surface area contributed by atoms with Crippen LogP contribution in [-0.2, 0) is 28.9 Å². The number of hydrogen-bond acceptors (Lipinski definition) is 12. The molecule has 2 saturated heterocycles. The zero-order chi connectivity index (χ0) is 44.9. The topological polar surface area (TPSA) is 153 Å². The third-order valence-corrected chi connectivity index (χ3v) is 13.6. The minimum Gasteiger partial charge on any atom is -0.497 e. The van der Waals surface area contributed by atoms with Crippen LogP contribution < -0.4 is 20.7 Å². The van der Waals surface area contributed by atoms with Crippen molar-refractivity contribution in [1.29, 1.82) is 5.26 Å². The number of hydrogen-bond donors (Lipinski definition) is 0. The molecule has 2 aliphatic rings. The van der Waals surface area contributed by atoms with Gasteiger partial charge in [-0.1, -0.05) is 72.8 Å². The van der Waals surface area contributed by atoms with Crippen molar-refractivity contribution in [2.45, 2.75) is 88.9 Å². The lowest BCUT2D eigenvalue weighted by Crippen LogP contribution is -2.55. The molecule has 63 heavy (non-hydrogen) atoms. The molecule has 6 atom stereocenters. The quantitative estimate of drug-likeness (QED) is 0.0489. The van der Waals surface area contributed by atoms with Gasteiger partial charge in [-0.05, 0) is 87.7 Å². The lowest BCUT2D eigenvalue weighted by molar-refractivity contribution is -0.230. The van der Waals surface area contributed by atoms with E-state index in [1.54, 1.807) is 32.4 Å². The number of rotatable bonds is 18. The Morgan fingerprint density at radius 1 is 0.841 bits per heavy atom. The summed E-state index contributed by atoms with van der Waals surface area (Å²) >= 11 is 0. The molecule has 5 aromatic rings. The summed E-state index contributed by atoms with van der Waals surface area (Å²) < 4.78 is 50.0. The number of fused-ring (bicyclic) bond motifs is 2. The summed E-state index contributed by atoms with van der Waals surface area (Å²) in [4.78, 5) is 41.5. The van der Waals surface area contributed by atoms with Crippen molar-refractivity contribution in [2.75, 3.05) is 27.4 Å². The molecule has 2 fully saturated rings. The second kappa shape index (κ2) is 19.5. The van der Waals surface area contributed by atoms with Crippen molar-refractivity contribution in [3.05, 3.63) is 165 Å². The summed E-state index contributed by atoms with van der Waals surface area (Å²) in [5.74, 6) is 0.534. The van der Waals surface area contributed by atoms with Crippen LogP contribution in [0.15, 0.2) is 131 Å². The number of nitriles is 1. The fourth-order valence-corrected chi connectivity index (χ4v) is 10.3. The van der Waals surface area contributed by atoms with Crippen LogP contribution in [-0.4, -0.2) is 83.1 Å². The first-order valence-electron chi connectivity index (χ1n) is 20.9. The number of carbonyl (C=O) groups is 1. The largest absolute Gasteiger partial charge is 0.497 e. The molecule has 1 unspecified atom stereocenters. The lowest BCUT2D eigenvalue weighted by Gasteiger charge is -2.44. The molecule has 330 valence electrons. The third-order valence-electron chi connectivity index (χ3n) is 11.5. The summed E-state index contributed by atoms with van der Waals surface area (Å²) in [6, 6.07) is 36.5. The summed E-state index contributed by atoms with van der Waals surface area (Å²) in [7, 11) is 1.34. The zero-order valence-electron chi connectivity index (χ0n) is 36.5. The molecular formula is C48H53N4O10P. The van der Waals surface area contributed by atoms with E-state index in [0.29, 0.717) is 16.1 Å². The molecule has 0 aliphatic carbocycles. The molecule has 4 aromatic carbocycles. The first kappa shape index (κ1) is 45.5. The van der Waals surface area contributed by atoms with E-state index in [-0.39, 0.29) is 37.3 Å². The second-order valence-corrected chi connectivity index (χ2v) is 17.3. The van der Waals surface area contributed by atoms with Crippen LogP contribution in [0.4, 0.5) is 0 Å². The van der Waals surface area contributed by atoms with E-state index >= 15 is 0 Å². The van der Waals surface area contributed by atoms with Gasteiger partial charge in [0.15, 0.2) is 6.23 Å². The van der Waals surface area contributed by atoms with E-state index in [0.717, 1.165) is 22.8 Å². The van der Waals surface area contributed by atoms with Crippen LogP contribution in [0.3, 0.4) is 0 Å². The Morgan fingerprint density at radius 2 is 1.40 bits per heavy atom. The molecule has 1 aromatic heterocycles. The minimum atomic E-state index is -1.88. The number of aromatic nitrogens is 2. The van der Waals surface area contributed by atoms with Gasteiger partial charge in [0.05, 0.1) is 46.0 Å². The van der Waals surface area contributed by atoms with Gasteiger partial charge in [0.25, 0.3) is 20.0 Å². The van der Waals surface area contributed by atoms with Crippen molar-refractivity contribution < 1.29 is 37.5 Å². The number of benzene rings is 4. The highest BCUT2D eigenvalue weighted by Crippen LogP contribution is 2.57. The maximum absolute atomic E-state index is 14.4. The van der Waals surface area contributed by atoms with Gasteiger partial charge in [0.2, 0.25) is 0 Å². The standard InChI is InChI=1S/C48H53N4O10P/c1-32(2)52(33(3)4)63(59-30-14-28-49)62-43-42-45(50-29-27-41(53)51(46(50)55)44(54)35-15-10-8-11-16-35)61-47(43,31-58-42)34(5)60-48(36-17-12-9-13-18-36,37-19-23-39(56-6)24-20-37)38-21-25-40(57-7)26-22-38/h8-13,15-27,29,32-34,42-43,45H,14,30-31H2,1-7H3/t34-,42-,43+,45-,47-,63?/m1/s1. The number of nitrogens with zero attached hydrogens (tertiary/aromatic N) is 4. The van der Waals surface area contributed by atoms with E-state index in [4.69, 9.17) is 32.7 Å². The summed E-state index contributed by atoms with van der Waals surface area (Å²) in [6.07, 6.45) is -2.51. The smallest absolute Gasteiger partial charge is 0.340 e. The Kier molecular flexibility index (Phi) is 14.1. The Morgan fingerprint density at radius 3 is 1.94 bits per heavy atom. The number of methoxy groups -OCH3 is 2. The molecule has 0 saturated carbocycles. The van der Waals surface area contributed by atoms with Crippen molar-refractivity contribution >= 4 is 14.4 Å². The van der Waals surface area contributed by atoms with Gasteiger partial charge < -0.3 is 32.7 Å². The Labute approximate surface area is 368 Å². The predicted molar refractivity (Wildman–Crippen MR) is 237 cm³/mol. The average Bonchev–Trinajstić information content (AvgIpc) is 3.81. The zero-order valence-corrected chi connectivity index (χ0v) is 37.3. The molecular weight excluding hydrogens is 824 g/mol. The van der Waals surface area contributed by atoms with E-state index in [1.807, 2.05) is 113 Å². The first-order chi connectivity index (χ1) is 30.4. The van der Waals surface area contributed by atoms with Gasteiger partial charge in [-0.15, -0.1) is 0 Å². The van der Waals surface area contributed by atoms with Gasteiger partial charge in [-0.25, -0.2) is 9.46 Å². The SMILES string of the molecule is COc1ccc(C(O[C@H](C)[C@@]23CO[C@@H]([C@H](n4ccc(=O)n(C(=O)c5ccccc5)c4=O)O2)[C@@H]3OP(OCCC#N)N(C(C)C)C(C)C)(c2ccccc2)c2ccc(OC)cc2)cc1. The fourth-order valence-electron chi connectivity index (χ4n) is 8.47. The Bertz CT molecular complexity index is 2440. The molecule has 15 heteroatoms. The van der Waals surface area contributed by atoms with E-state index < -0.39 is 61.4 Å². The monoisotopic (exact) mass is 876 g/mol. The number of carbonyl (C=O) groups excluding carboxylic acids is 1. The predicted octanol–water partition coefficient (Wildman–Crippen LogP) is 7.44. The molecule has 0 N–H and O–H groups in total. The van der Waals surface area contributed by atoms with Crippen LogP contribution in [0, 0.1) is 11.3 Å². The van der Waals surface area contributed by atoms with Crippen LogP contribution >= 0.6 is 8.53 Å². The average molecular weight is 877 g/mol. The molecule has 2 aliphatic heterocycles. The molecule has 14 nitrogen and oxygen atoms in total. The van der Waals surface area contributed by atoms with Crippen molar-refractivity contribution in [2.24, 2.45) is 0 Å². The van der Waals surface area contributed by atoms with Gasteiger partial charge in [-0.2, -0.15) is 9.83 Å². The van der Waals surface area contributed by atoms with E-state index in [1.165, 1.54) is 22.9 Å². The van der Waals surface area contributed by atoms with Gasteiger partial charge in [-0.3, -0.25) is 14.2 Å². The van der Waals surface area contributed by atoms with Gasteiger partial charge in [0, 0.05) is 29.9 Å². The summed E-state index contributed by atoms with van der Waals surface area (Å²) in [5.41, 5.74) is -1.90. The minimum absolute atomic E-state index is 0.0157. The highest BCUT2D eigenvalue weighted by Gasteiger charge is 2.68. The molecule has 7 rings (SSSR count). The maximum Gasteiger partial charge on any atom is 0.340 e. The number of ether oxygens (including phenoxy) is 5. The fraction of sp³-hybridized carbons (Fsp3) is 0.375. The van der Waals surface area contributed by atoms with E-state index in [2.05, 4.69) is 10.7 Å². The first-order valence-corrected chi connectivity index (χ1v) is 22.0. The third kappa shape index (κ3) is 8.75. The lowest BCUT2D eigenvalue weighted by atomic mass is 9.79. The van der Waals surface area contributed by atoms with Gasteiger partial charge in [0.1, 0.15) is 34.9 Å². The molecule has 0 amide bonds. The second-order valence-electron chi connectivity index (χ2n) is 15.9. The van der Waals surface area contributed by atoms with Crippen LogP contribution in [0.5, 0.6) is 11.5 Å². The highest BCUT2D eigenvalue weighted by atomic mass is 31.2.